The molecule has 0 aliphatic rings. The van der Waals surface area contributed by atoms with E-state index in [0.717, 1.165) is 20.1 Å². The normalized spacial score (nSPS) is 12.0. The summed E-state index contributed by atoms with van der Waals surface area (Å²) >= 11 is 6.84. The second kappa shape index (κ2) is 6.55. The van der Waals surface area contributed by atoms with Crippen LogP contribution in [0.1, 0.15) is 34.5 Å². The molecular formula is C16H15Br2NO. The largest absolute Gasteiger partial charge is 0.346 e. The highest BCUT2D eigenvalue weighted by molar-refractivity contribution is 9.10. The number of nitrogens with one attached hydrogen (secondary N) is 1. The zero-order chi connectivity index (χ0) is 14.7. The van der Waals surface area contributed by atoms with Crippen molar-refractivity contribution in [2.24, 2.45) is 0 Å². The van der Waals surface area contributed by atoms with Crippen molar-refractivity contribution in [1.82, 2.24) is 5.32 Å². The maximum atomic E-state index is 12.2. The van der Waals surface area contributed by atoms with Gasteiger partial charge in [0.1, 0.15) is 0 Å². The second-order valence-electron chi connectivity index (χ2n) is 4.71. The van der Waals surface area contributed by atoms with Gasteiger partial charge in [-0.05, 0) is 55.3 Å². The van der Waals surface area contributed by atoms with Gasteiger partial charge < -0.3 is 5.32 Å². The number of hydrogen-bond acceptors (Lipinski definition) is 1. The van der Waals surface area contributed by atoms with Crippen LogP contribution in [0.15, 0.2) is 51.4 Å². The van der Waals surface area contributed by atoms with Gasteiger partial charge >= 0.3 is 0 Å². The number of benzene rings is 2. The van der Waals surface area contributed by atoms with Crippen LogP contribution in [0.4, 0.5) is 0 Å². The molecule has 0 bridgehead atoms. The van der Waals surface area contributed by atoms with E-state index in [-0.39, 0.29) is 11.9 Å². The predicted molar refractivity (Wildman–Crippen MR) is 88.9 cm³/mol. The van der Waals surface area contributed by atoms with Gasteiger partial charge in [0.2, 0.25) is 0 Å². The van der Waals surface area contributed by atoms with Gasteiger partial charge in [-0.3, -0.25) is 4.79 Å². The first-order valence-corrected chi connectivity index (χ1v) is 7.88. The Morgan fingerprint density at radius 3 is 2.35 bits per heavy atom. The van der Waals surface area contributed by atoms with Crippen molar-refractivity contribution in [3.63, 3.8) is 0 Å². The molecule has 1 amide bonds. The molecule has 2 nitrogen and oxygen atoms in total. The molecular weight excluding hydrogens is 382 g/mol. The van der Waals surface area contributed by atoms with Crippen LogP contribution in [0.25, 0.3) is 0 Å². The number of aryl methyl sites for hydroxylation is 1. The lowest BCUT2D eigenvalue weighted by Gasteiger charge is -2.15. The Hall–Kier alpha value is -1.13. The third-order valence-corrected chi connectivity index (χ3v) is 4.56. The molecule has 20 heavy (non-hydrogen) atoms. The lowest BCUT2D eigenvalue weighted by Crippen LogP contribution is -2.26. The van der Waals surface area contributed by atoms with Crippen LogP contribution < -0.4 is 5.32 Å². The van der Waals surface area contributed by atoms with Crippen molar-refractivity contribution < 1.29 is 4.79 Å². The number of rotatable bonds is 3. The van der Waals surface area contributed by atoms with E-state index in [9.17, 15) is 4.79 Å². The molecule has 2 rings (SSSR count). The van der Waals surface area contributed by atoms with Crippen LogP contribution in [0.3, 0.4) is 0 Å². The summed E-state index contributed by atoms with van der Waals surface area (Å²) in [7, 11) is 0. The number of amides is 1. The van der Waals surface area contributed by atoms with Gasteiger partial charge in [-0.15, -0.1) is 0 Å². The Bertz CT molecular complexity index is 623. The second-order valence-corrected chi connectivity index (χ2v) is 6.48. The van der Waals surface area contributed by atoms with E-state index in [1.807, 2.05) is 56.3 Å². The number of carbonyl (C=O) groups excluding carboxylic acids is 1. The highest BCUT2D eigenvalue weighted by Gasteiger charge is 2.12. The Kier molecular flexibility index (Phi) is 5.00. The van der Waals surface area contributed by atoms with Crippen molar-refractivity contribution >= 4 is 37.8 Å². The monoisotopic (exact) mass is 395 g/mol. The molecule has 1 N–H and O–H groups in total. The molecule has 104 valence electrons. The Labute approximate surface area is 135 Å². The van der Waals surface area contributed by atoms with Crippen LogP contribution in [0, 0.1) is 6.92 Å². The summed E-state index contributed by atoms with van der Waals surface area (Å²) in [6.45, 7) is 3.95. The van der Waals surface area contributed by atoms with Crippen molar-refractivity contribution in [3.05, 3.63) is 68.1 Å². The molecule has 4 heteroatoms. The molecule has 0 heterocycles. The topological polar surface area (TPSA) is 29.1 Å². The summed E-state index contributed by atoms with van der Waals surface area (Å²) in [6.07, 6.45) is 0. The van der Waals surface area contributed by atoms with E-state index in [0.29, 0.717) is 5.56 Å². The van der Waals surface area contributed by atoms with Gasteiger partial charge in [-0.1, -0.05) is 44.0 Å². The number of halogens is 2. The molecule has 0 spiro atoms. The first-order valence-electron chi connectivity index (χ1n) is 6.30. The van der Waals surface area contributed by atoms with Crippen molar-refractivity contribution in [2.75, 3.05) is 0 Å². The maximum absolute atomic E-state index is 12.2. The summed E-state index contributed by atoms with van der Waals surface area (Å²) in [4.78, 5) is 12.2. The van der Waals surface area contributed by atoms with E-state index in [2.05, 4.69) is 37.2 Å². The minimum Gasteiger partial charge on any atom is -0.346 e. The zero-order valence-corrected chi connectivity index (χ0v) is 14.5. The van der Waals surface area contributed by atoms with Gasteiger partial charge in [-0.25, -0.2) is 0 Å². The van der Waals surface area contributed by atoms with E-state index < -0.39 is 0 Å². The van der Waals surface area contributed by atoms with E-state index >= 15 is 0 Å². The highest BCUT2D eigenvalue weighted by Crippen LogP contribution is 2.19. The van der Waals surface area contributed by atoms with Crippen LogP contribution >= 0.6 is 31.9 Å². The van der Waals surface area contributed by atoms with Gasteiger partial charge in [-0.2, -0.15) is 0 Å². The molecule has 0 saturated heterocycles. The average Bonchev–Trinajstić information content (AvgIpc) is 2.42. The Morgan fingerprint density at radius 1 is 1.10 bits per heavy atom. The fourth-order valence-corrected chi connectivity index (χ4v) is 2.41. The average molecular weight is 397 g/mol. The third kappa shape index (κ3) is 3.70. The van der Waals surface area contributed by atoms with Gasteiger partial charge in [0.15, 0.2) is 0 Å². The molecule has 0 aromatic heterocycles. The fourth-order valence-electron chi connectivity index (χ4n) is 1.90. The predicted octanol–water partition coefficient (Wildman–Crippen LogP) is 5.01. The third-order valence-electron chi connectivity index (χ3n) is 3.14. The molecule has 0 fully saturated rings. The quantitative estimate of drug-likeness (QED) is 0.775. The molecule has 1 atom stereocenters. The molecule has 2 aromatic carbocycles. The van der Waals surface area contributed by atoms with Crippen LogP contribution in [-0.4, -0.2) is 5.91 Å². The minimum absolute atomic E-state index is 0.0282. The number of hydrogen-bond donors (Lipinski definition) is 1. The lowest BCUT2D eigenvalue weighted by atomic mass is 10.1. The first kappa shape index (κ1) is 15.3. The van der Waals surface area contributed by atoms with Gasteiger partial charge in [0.05, 0.1) is 6.04 Å². The smallest absolute Gasteiger partial charge is 0.251 e. The standard InChI is InChI=1S/C16H15Br2NO/c1-10-9-13(5-8-15(10)18)16(20)19-11(2)12-3-6-14(17)7-4-12/h3-9,11H,1-2H3,(H,19,20). The van der Waals surface area contributed by atoms with Crippen molar-refractivity contribution in [2.45, 2.75) is 19.9 Å². The Balaban J connectivity index is 2.10. The van der Waals surface area contributed by atoms with Crippen molar-refractivity contribution in [1.29, 1.82) is 0 Å². The molecule has 0 aliphatic heterocycles. The van der Waals surface area contributed by atoms with E-state index in [1.54, 1.807) is 0 Å². The first-order chi connectivity index (χ1) is 9.47. The molecule has 2 aromatic rings. The fraction of sp³-hybridized carbons (Fsp3) is 0.188. The lowest BCUT2D eigenvalue weighted by molar-refractivity contribution is 0.0940. The summed E-state index contributed by atoms with van der Waals surface area (Å²) in [5, 5.41) is 3.01. The molecule has 0 radical (unpaired) electrons. The summed E-state index contributed by atoms with van der Waals surface area (Å²) < 4.78 is 2.04. The Morgan fingerprint density at radius 2 is 1.75 bits per heavy atom. The van der Waals surface area contributed by atoms with Gasteiger partial charge in [0, 0.05) is 14.5 Å². The summed E-state index contributed by atoms with van der Waals surface area (Å²) in [5.74, 6) is -0.0592. The van der Waals surface area contributed by atoms with E-state index in [1.165, 1.54) is 0 Å². The van der Waals surface area contributed by atoms with Gasteiger partial charge in [0.25, 0.3) is 5.91 Å². The maximum Gasteiger partial charge on any atom is 0.251 e. The van der Waals surface area contributed by atoms with Crippen LogP contribution in [-0.2, 0) is 0 Å². The highest BCUT2D eigenvalue weighted by atomic mass is 79.9. The number of carbonyl (C=O) groups is 1. The minimum atomic E-state index is -0.0592. The molecule has 0 saturated carbocycles. The van der Waals surface area contributed by atoms with Crippen LogP contribution in [0.2, 0.25) is 0 Å². The molecule has 0 aliphatic carbocycles. The molecule has 1 unspecified atom stereocenters. The SMILES string of the molecule is Cc1cc(C(=O)NC(C)c2ccc(Br)cc2)ccc1Br. The van der Waals surface area contributed by atoms with Crippen molar-refractivity contribution in [3.8, 4) is 0 Å². The summed E-state index contributed by atoms with van der Waals surface area (Å²) in [5.41, 5.74) is 2.80. The zero-order valence-electron chi connectivity index (χ0n) is 11.3. The summed E-state index contributed by atoms with van der Waals surface area (Å²) in [6, 6.07) is 13.5. The van der Waals surface area contributed by atoms with Crippen LogP contribution in [0.5, 0.6) is 0 Å². The van der Waals surface area contributed by atoms with E-state index in [4.69, 9.17) is 0 Å².